The van der Waals surface area contributed by atoms with Crippen LogP contribution in [0.2, 0.25) is 0 Å². The summed E-state index contributed by atoms with van der Waals surface area (Å²) in [5.74, 6) is -0.0918. The number of piperazine rings is 1. The van der Waals surface area contributed by atoms with E-state index < -0.39 is 11.7 Å². The van der Waals surface area contributed by atoms with Crippen LogP contribution in [0.5, 0.6) is 0 Å². The molecular formula is C23H24FN7O. The Kier molecular flexibility index (Phi) is 4.97. The molecule has 1 saturated heterocycles. The van der Waals surface area contributed by atoms with E-state index in [1.807, 2.05) is 12.1 Å². The van der Waals surface area contributed by atoms with Crippen molar-refractivity contribution >= 4 is 34.0 Å². The van der Waals surface area contributed by atoms with E-state index in [1.54, 1.807) is 36.1 Å². The van der Waals surface area contributed by atoms with Gasteiger partial charge in [-0.3, -0.25) is 9.78 Å². The molecule has 9 heteroatoms. The molecule has 0 spiro atoms. The highest BCUT2D eigenvalue weighted by atomic mass is 19.1. The first-order chi connectivity index (χ1) is 15.4. The number of hydrogen-bond donors (Lipinski definition) is 2. The first-order valence-electron chi connectivity index (χ1n) is 10.6. The van der Waals surface area contributed by atoms with Crippen LogP contribution in [0.1, 0.15) is 29.9 Å². The van der Waals surface area contributed by atoms with Crippen LogP contribution in [-0.2, 0) is 0 Å². The Morgan fingerprint density at radius 2 is 2.00 bits per heavy atom. The number of aromatic nitrogens is 4. The minimum absolute atomic E-state index is 0.220. The number of hydrogen-bond acceptors (Lipinski definition) is 6. The molecule has 8 nitrogen and oxygen atoms in total. The number of fused-ring (bicyclic) bond motifs is 2. The molecule has 0 radical (unpaired) electrons. The Morgan fingerprint density at radius 3 is 2.78 bits per heavy atom. The lowest BCUT2D eigenvalue weighted by atomic mass is 10.1. The van der Waals surface area contributed by atoms with E-state index in [0.29, 0.717) is 34.5 Å². The molecule has 1 aliphatic heterocycles. The second-order valence-electron chi connectivity index (χ2n) is 8.41. The number of amides is 1. The van der Waals surface area contributed by atoms with E-state index in [0.717, 1.165) is 24.3 Å². The Labute approximate surface area is 184 Å². The average Bonchev–Trinajstić information content (AvgIpc) is 3.13. The SMILES string of the molecule is Cc1cn2cc(NC(=O)c3cnc(N4CC(C)NC(C)C4)c4cccnc34)cc(F)c2n1. The fourth-order valence-electron chi connectivity index (χ4n) is 4.42. The van der Waals surface area contributed by atoms with E-state index >= 15 is 0 Å². The second-order valence-corrected chi connectivity index (χ2v) is 8.41. The number of nitrogens with zero attached hydrogens (tertiary/aromatic N) is 5. The summed E-state index contributed by atoms with van der Waals surface area (Å²) in [6.07, 6.45) is 6.55. The van der Waals surface area contributed by atoms with Crippen LogP contribution < -0.4 is 15.5 Å². The molecular weight excluding hydrogens is 409 g/mol. The maximum absolute atomic E-state index is 14.4. The zero-order valence-electron chi connectivity index (χ0n) is 18.1. The molecule has 2 N–H and O–H groups in total. The maximum Gasteiger partial charge on any atom is 0.259 e. The van der Waals surface area contributed by atoms with Crippen molar-refractivity contribution in [2.75, 3.05) is 23.3 Å². The van der Waals surface area contributed by atoms with Crippen molar-refractivity contribution in [1.29, 1.82) is 0 Å². The maximum atomic E-state index is 14.4. The fraction of sp³-hybridized carbons (Fsp3) is 0.304. The van der Waals surface area contributed by atoms with Crippen LogP contribution in [-0.4, -0.2) is 50.4 Å². The normalized spacial score (nSPS) is 18.9. The van der Waals surface area contributed by atoms with Gasteiger partial charge in [-0.05, 0) is 32.9 Å². The molecule has 4 aromatic rings. The highest BCUT2D eigenvalue weighted by Gasteiger charge is 2.25. The molecule has 2 atom stereocenters. The van der Waals surface area contributed by atoms with Crippen LogP contribution in [0, 0.1) is 12.7 Å². The van der Waals surface area contributed by atoms with Gasteiger partial charge in [0.15, 0.2) is 11.5 Å². The minimum Gasteiger partial charge on any atom is -0.353 e. The van der Waals surface area contributed by atoms with Gasteiger partial charge in [-0.15, -0.1) is 0 Å². The average molecular weight is 433 g/mol. The van der Waals surface area contributed by atoms with E-state index in [4.69, 9.17) is 0 Å². The molecule has 0 aliphatic carbocycles. The Morgan fingerprint density at radius 1 is 1.22 bits per heavy atom. The second kappa shape index (κ2) is 7.83. The summed E-state index contributed by atoms with van der Waals surface area (Å²) in [5.41, 5.74) is 2.14. The van der Waals surface area contributed by atoms with Gasteiger partial charge in [0, 0.05) is 61.4 Å². The van der Waals surface area contributed by atoms with Crippen molar-refractivity contribution in [1.82, 2.24) is 24.7 Å². The number of nitrogens with one attached hydrogen (secondary N) is 2. The highest BCUT2D eigenvalue weighted by Crippen LogP contribution is 2.28. The van der Waals surface area contributed by atoms with Crippen molar-refractivity contribution in [3.8, 4) is 0 Å². The molecule has 0 saturated carbocycles. The third kappa shape index (κ3) is 3.64. The van der Waals surface area contributed by atoms with Crippen LogP contribution in [0.4, 0.5) is 15.9 Å². The van der Waals surface area contributed by atoms with E-state index in [9.17, 15) is 9.18 Å². The molecule has 4 aromatic heterocycles. The number of pyridine rings is 3. The monoisotopic (exact) mass is 433 g/mol. The van der Waals surface area contributed by atoms with Crippen LogP contribution in [0.3, 0.4) is 0 Å². The standard InChI is InChI=1S/C23H24FN7O/c1-13-9-30(10-14(2)27-13)21-17-5-4-6-25-20(17)18(8-26-21)23(32)29-16-7-19(24)22-28-15(3)11-31(22)12-16/h4-8,11-14,27H,9-10H2,1-3H3,(H,29,32). The van der Waals surface area contributed by atoms with Crippen LogP contribution in [0.25, 0.3) is 16.6 Å². The first-order valence-corrected chi connectivity index (χ1v) is 10.6. The van der Waals surface area contributed by atoms with Crippen molar-refractivity contribution in [2.24, 2.45) is 0 Å². The molecule has 164 valence electrons. The third-order valence-electron chi connectivity index (χ3n) is 5.61. The molecule has 0 aromatic carbocycles. The lowest BCUT2D eigenvalue weighted by molar-refractivity contribution is 0.102. The quantitative estimate of drug-likeness (QED) is 0.516. The Hall–Kier alpha value is -3.59. The van der Waals surface area contributed by atoms with Gasteiger partial charge in [-0.25, -0.2) is 14.4 Å². The molecule has 2 unspecified atom stereocenters. The number of rotatable bonds is 3. The first kappa shape index (κ1) is 20.3. The van der Waals surface area contributed by atoms with Crippen molar-refractivity contribution in [2.45, 2.75) is 32.9 Å². The van der Waals surface area contributed by atoms with Crippen molar-refractivity contribution in [3.63, 3.8) is 0 Å². The van der Waals surface area contributed by atoms with Crippen LogP contribution in [0.15, 0.2) is 43.0 Å². The zero-order chi connectivity index (χ0) is 22.4. The Balaban J connectivity index is 1.50. The number of halogens is 1. The molecule has 1 amide bonds. The van der Waals surface area contributed by atoms with Gasteiger partial charge in [0.25, 0.3) is 5.91 Å². The van der Waals surface area contributed by atoms with Gasteiger partial charge in [-0.2, -0.15) is 0 Å². The van der Waals surface area contributed by atoms with Crippen molar-refractivity contribution < 1.29 is 9.18 Å². The summed E-state index contributed by atoms with van der Waals surface area (Å²) in [7, 11) is 0. The lowest BCUT2D eigenvalue weighted by Crippen LogP contribution is -2.54. The van der Waals surface area contributed by atoms with Gasteiger partial charge in [-0.1, -0.05) is 0 Å². The molecule has 32 heavy (non-hydrogen) atoms. The number of aryl methyl sites for hydroxylation is 1. The highest BCUT2D eigenvalue weighted by molar-refractivity contribution is 6.13. The Bertz CT molecular complexity index is 1320. The van der Waals surface area contributed by atoms with Gasteiger partial charge in [0.1, 0.15) is 5.82 Å². The predicted molar refractivity (Wildman–Crippen MR) is 122 cm³/mol. The fourth-order valence-corrected chi connectivity index (χ4v) is 4.42. The summed E-state index contributed by atoms with van der Waals surface area (Å²) in [5, 5.41) is 7.10. The summed E-state index contributed by atoms with van der Waals surface area (Å²) in [6, 6.07) is 5.69. The van der Waals surface area contributed by atoms with E-state index in [-0.39, 0.29) is 5.65 Å². The summed E-state index contributed by atoms with van der Waals surface area (Å²) in [4.78, 5) is 28.6. The summed E-state index contributed by atoms with van der Waals surface area (Å²) < 4.78 is 16.0. The van der Waals surface area contributed by atoms with E-state index in [1.165, 1.54) is 6.07 Å². The molecule has 5 rings (SSSR count). The van der Waals surface area contributed by atoms with Crippen molar-refractivity contribution in [3.05, 3.63) is 60.1 Å². The number of imidazole rings is 1. The third-order valence-corrected chi connectivity index (χ3v) is 5.61. The molecule has 5 heterocycles. The number of carbonyl (C=O) groups is 1. The largest absolute Gasteiger partial charge is 0.353 e. The van der Waals surface area contributed by atoms with Gasteiger partial charge >= 0.3 is 0 Å². The minimum atomic E-state index is -0.505. The molecule has 1 fully saturated rings. The van der Waals surface area contributed by atoms with Gasteiger partial charge in [0.2, 0.25) is 0 Å². The van der Waals surface area contributed by atoms with Gasteiger partial charge in [0.05, 0.1) is 22.5 Å². The predicted octanol–water partition coefficient (Wildman–Crippen LogP) is 3.16. The molecule has 1 aliphatic rings. The molecule has 0 bridgehead atoms. The van der Waals surface area contributed by atoms with Gasteiger partial charge < -0.3 is 19.9 Å². The smallest absolute Gasteiger partial charge is 0.259 e. The number of anilines is 2. The summed E-state index contributed by atoms with van der Waals surface area (Å²) >= 11 is 0. The summed E-state index contributed by atoms with van der Waals surface area (Å²) in [6.45, 7) is 7.70. The topological polar surface area (TPSA) is 87.5 Å². The van der Waals surface area contributed by atoms with Crippen LogP contribution >= 0.6 is 0 Å². The van der Waals surface area contributed by atoms with E-state index in [2.05, 4.69) is 44.3 Å². The zero-order valence-corrected chi connectivity index (χ0v) is 18.1. The lowest BCUT2D eigenvalue weighted by Gasteiger charge is -2.37. The number of carbonyl (C=O) groups excluding carboxylic acids is 1.